The number of nitrogens with zero attached hydrogens (tertiary/aromatic N) is 2. The predicted molar refractivity (Wildman–Crippen MR) is 58.8 cm³/mol. The monoisotopic (exact) mass is 216 g/mol. The molecule has 0 radical (unpaired) electrons. The smallest absolute Gasteiger partial charge is 0.258 e. The number of benzene rings is 1. The van der Waals surface area contributed by atoms with Gasteiger partial charge in [-0.05, 0) is 24.3 Å². The molecule has 1 aromatic rings. The van der Waals surface area contributed by atoms with Crippen molar-refractivity contribution in [2.75, 3.05) is 0 Å². The minimum absolute atomic E-state index is 0.0733. The molecule has 0 spiro atoms. The van der Waals surface area contributed by atoms with E-state index in [0.717, 1.165) is 18.4 Å². The van der Waals surface area contributed by atoms with Crippen molar-refractivity contribution in [3.63, 3.8) is 0 Å². The summed E-state index contributed by atoms with van der Waals surface area (Å²) in [6.07, 6.45) is 1.70. The summed E-state index contributed by atoms with van der Waals surface area (Å²) < 4.78 is 0. The van der Waals surface area contributed by atoms with Crippen LogP contribution in [-0.4, -0.2) is 4.92 Å². The van der Waals surface area contributed by atoms with E-state index in [9.17, 15) is 15.4 Å². The molecule has 2 rings (SSSR count). The van der Waals surface area contributed by atoms with Crippen molar-refractivity contribution in [2.24, 2.45) is 5.92 Å². The molecule has 0 unspecified atom stereocenters. The Morgan fingerprint density at radius 1 is 1.44 bits per heavy atom. The average molecular weight is 216 g/mol. The van der Waals surface area contributed by atoms with Crippen LogP contribution in [0.25, 0.3) is 0 Å². The Labute approximate surface area is 93.7 Å². The SMILES string of the molecule is CC1CC(C#N)(c2ccc([N+](=O)[O-])cc2)C1. The molecular weight excluding hydrogens is 204 g/mol. The van der Waals surface area contributed by atoms with Gasteiger partial charge in [0.15, 0.2) is 0 Å². The molecule has 16 heavy (non-hydrogen) atoms. The van der Waals surface area contributed by atoms with Crippen molar-refractivity contribution in [3.8, 4) is 6.07 Å². The highest BCUT2D eigenvalue weighted by Gasteiger charge is 2.43. The van der Waals surface area contributed by atoms with Gasteiger partial charge in [-0.1, -0.05) is 19.1 Å². The van der Waals surface area contributed by atoms with E-state index in [1.807, 2.05) is 0 Å². The van der Waals surface area contributed by atoms with Gasteiger partial charge in [-0.3, -0.25) is 10.1 Å². The van der Waals surface area contributed by atoms with Crippen molar-refractivity contribution in [1.29, 1.82) is 5.26 Å². The van der Waals surface area contributed by atoms with E-state index >= 15 is 0 Å². The summed E-state index contributed by atoms with van der Waals surface area (Å²) >= 11 is 0. The van der Waals surface area contributed by atoms with Crippen molar-refractivity contribution in [3.05, 3.63) is 39.9 Å². The standard InChI is InChI=1S/C12H12N2O2/c1-9-6-12(7-9,8-13)10-2-4-11(5-3-10)14(15)16/h2-5,9H,6-7H2,1H3. The van der Waals surface area contributed by atoms with E-state index in [-0.39, 0.29) is 5.69 Å². The molecule has 82 valence electrons. The van der Waals surface area contributed by atoms with Crippen LogP contribution in [0.3, 0.4) is 0 Å². The van der Waals surface area contributed by atoms with E-state index in [0.29, 0.717) is 5.92 Å². The van der Waals surface area contributed by atoms with Gasteiger partial charge in [0.05, 0.1) is 16.4 Å². The van der Waals surface area contributed by atoms with Crippen LogP contribution >= 0.6 is 0 Å². The second kappa shape index (κ2) is 3.60. The molecule has 1 aliphatic carbocycles. The van der Waals surface area contributed by atoms with Gasteiger partial charge in [0.25, 0.3) is 5.69 Å². The summed E-state index contributed by atoms with van der Waals surface area (Å²) in [5.74, 6) is 0.565. The minimum Gasteiger partial charge on any atom is -0.258 e. The summed E-state index contributed by atoms with van der Waals surface area (Å²) in [7, 11) is 0. The second-order valence-corrected chi connectivity index (χ2v) is 4.51. The molecule has 0 saturated heterocycles. The first-order valence-electron chi connectivity index (χ1n) is 5.23. The van der Waals surface area contributed by atoms with E-state index < -0.39 is 10.3 Å². The summed E-state index contributed by atoms with van der Waals surface area (Å²) in [4.78, 5) is 10.1. The van der Waals surface area contributed by atoms with Crippen LogP contribution in [0, 0.1) is 27.4 Å². The molecule has 1 aromatic carbocycles. The highest BCUT2D eigenvalue weighted by Crippen LogP contribution is 2.47. The summed E-state index contributed by atoms with van der Waals surface area (Å²) in [5.41, 5.74) is 0.567. The Morgan fingerprint density at radius 2 is 2.00 bits per heavy atom. The van der Waals surface area contributed by atoms with Crippen molar-refractivity contribution < 1.29 is 4.92 Å². The van der Waals surface area contributed by atoms with Crippen molar-refractivity contribution >= 4 is 5.69 Å². The Hall–Kier alpha value is -1.89. The van der Waals surface area contributed by atoms with Gasteiger partial charge in [0.2, 0.25) is 0 Å². The maximum atomic E-state index is 10.5. The van der Waals surface area contributed by atoms with Gasteiger partial charge in [-0.25, -0.2) is 0 Å². The van der Waals surface area contributed by atoms with Crippen molar-refractivity contribution in [2.45, 2.75) is 25.2 Å². The molecule has 0 heterocycles. The van der Waals surface area contributed by atoms with Gasteiger partial charge in [0, 0.05) is 12.1 Å². The molecule has 0 bridgehead atoms. The third kappa shape index (κ3) is 1.54. The fourth-order valence-electron chi connectivity index (χ4n) is 2.42. The topological polar surface area (TPSA) is 66.9 Å². The van der Waals surface area contributed by atoms with Gasteiger partial charge in [-0.15, -0.1) is 0 Å². The maximum Gasteiger partial charge on any atom is 0.269 e. The van der Waals surface area contributed by atoms with Crippen molar-refractivity contribution in [1.82, 2.24) is 0 Å². The Kier molecular flexibility index (Phi) is 2.39. The highest BCUT2D eigenvalue weighted by molar-refractivity contribution is 5.41. The Bertz CT molecular complexity index is 453. The Morgan fingerprint density at radius 3 is 2.38 bits per heavy atom. The third-order valence-electron chi connectivity index (χ3n) is 3.24. The lowest BCUT2D eigenvalue weighted by atomic mass is 9.60. The van der Waals surface area contributed by atoms with Crippen LogP contribution < -0.4 is 0 Å². The molecule has 4 heteroatoms. The van der Waals surface area contributed by atoms with E-state index in [2.05, 4.69) is 13.0 Å². The summed E-state index contributed by atoms with van der Waals surface area (Å²) in [6.45, 7) is 2.11. The first-order chi connectivity index (χ1) is 7.57. The minimum atomic E-state index is -0.424. The number of hydrogen-bond acceptors (Lipinski definition) is 3. The molecule has 4 nitrogen and oxygen atoms in total. The summed E-state index contributed by atoms with van der Waals surface area (Å²) in [6, 6.07) is 8.68. The molecule has 1 saturated carbocycles. The number of nitriles is 1. The quantitative estimate of drug-likeness (QED) is 0.563. The Balaban J connectivity index is 2.29. The van der Waals surface area contributed by atoms with Crippen LogP contribution in [0.1, 0.15) is 25.3 Å². The first kappa shape index (κ1) is 10.6. The molecule has 0 N–H and O–H groups in total. The zero-order valence-electron chi connectivity index (χ0n) is 9.01. The number of non-ortho nitro benzene ring substituents is 1. The zero-order valence-corrected chi connectivity index (χ0v) is 9.01. The maximum absolute atomic E-state index is 10.5. The van der Waals surface area contributed by atoms with E-state index in [1.54, 1.807) is 12.1 Å². The average Bonchev–Trinajstić information content (AvgIpc) is 2.24. The molecule has 0 amide bonds. The molecular formula is C12H12N2O2. The van der Waals surface area contributed by atoms with Crippen LogP contribution in [0.15, 0.2) is 24.3 Å². The molecule has 0 aliphatic heterocycles. The number of nitro benzene ring substituents is 1. The van der Waals surface area contributed by atoms with Gasteiger partial charge < -0.3 is 0 Å². The number of hydrogen-bond donors (Lipinski definition) is 0. The van der Waals surface area contributed by atoms with Crippen LogP contribution in [0.5, 0.6) is 0 Å². The summed E-state index contributed by atoms with van der Waals surface area (Å²) in [5, 5.41) is 19.7. The van der Waals surface area contributed by atoms with Gasteiger partial charge >= 0.3 is 0 Å². The molecule has 1 aliphatic rings. The van der Waals surface area contributed by atoms with Crippen LogP contribution in [-0.2, 0) is 5.41 Å². The number of nitro groups is 1. The fraction of sp³-hybridized carbons (Fsp3) is 0.417. The lowest BCUT2D eigenvalue weighted by Gasteiger charge is -2.41. The fourth-order valence-corrected chi connectivity index (χ4v) is 2.42. The van der Waals surface area contributed by atoms with E-state index in [4.69, 9.17) is 0 Å². The number of rotatable bonds is 2. The van der Waals surface area contributed by atoms with Crippen LogP contribution in [0.4, 0.5) is 5.69 Å². The van der Waals surface area contributed by atoms with Gasteiger partial charge in [-0.2, -0.15) is 5.26 Å². The molecule has 0 aromatic heterocycles. The third-order valence-corrected chi connectivity index (χ3v) is 3.24. The molecule has 1 fully saturated rings. The predicted octanol–water partition coefficient (Wildman–Crippen LogP) is 2.79. The largest absolute Gasteiger partial charge is 0.269 e. The lowest BCUT2D eigenvalue weighted by molar-refractivity contribution is -0.384. The van der Waals surface area contributed by atoms with Gasteiger partial charge in [0.1, 0.15) is 0 Å². The molecule has 0 atom stereocenters. The first-order valence-corrected chi connectivity index (χ1v) is 5.23. The lowest BCUT2D eigenvalue weighted by Crippen LogP contribution is -2.38. The van der Waals surface area contributed by atoms with Crippen LogP contribution in [0.2, 0.25) is 0 Å². The zero-order chi connectivity index (χ0) is 11.8. The van der Waals surface area contributed by atoms with E-state index in [1.165, 1.54) is 12.1 Å². The normalized spacial score (nSPS) is 27.9. The highest BCUT2D eigenvalue weighted by atomic mass is 16.6. The second-order valence-electron chi connectivity index (χ2n) is 4.51.